The molecule has 0 bridgehead atoms. The zero-order chi connectivity index (χ0) is 16.9. The number of nitrogens with zero attached hydrogens (tertiary/aromatic N) is 1. The van der Waals surface area contributed by atoms with Gasteiger partial charge in [0.25, 0.3) is 11.6 Å². The largest absolute Gasteiger partial charge is 0.349 e. The molecule has 0 unspecified atom stereocenters. The van der Waals surface area contributed by atoms with Crippen molar-refractivity contribution < 1.29 is 9.72 Å². The Balaban J connectivity index is 1.64. The van der Waals surface area contributed by atoms with Gasteiger partial charge in [-0.05, 0) is 48.1 Å². The molecule has 0 fully saturated rings. The minimum atomic E-state index is -0.480. The monoisotopic (exact) mass is 322 g/mol. The van der Waals surface area contributed by atoms with Crippen LogP contribution in [0.3, 0.4) is 0 Å². The molecule has 0 atom stereocenters. The van der Waals surface area contributed by atoms with Gasteiger partial charge in [0.15, 0.2) is 0 Å². The fraction of sp³-hybridized carbons (Fsp3) is 0.211. The highest BCUT2D eigenvalue weighted by Gasteiger charge is 2.13. The van der Waals surface area contributed by atoms with E-state index in [9.17, 15) is 14.9 Å². The molecule has 0 spiro atoms. The predicted octanol–water partition coefficient (Wildman–Crippen LogP) is 3.74. The number of carbonyl (C=O) groups is 1. The summed E-state index contributed by atoms with van der Waals surface area (Å²) >= 11 is 0. The van der Waals surface area contributed by atoms with E-state index in [1.807, 2.05) is 6.07 Å². The molecule has 122 valence electrons. The van der Waals surface area contributed by atoms with Crippen LogP contribution in [0.2, 0.25) is 0 Å². The summed E-state index contributed by atoms with van der Waals surface area (Å²) in [6, 6.07) is 14.0. The maximum atomic E-state index is 12.1. The highest BCUT2D eigenvalue weighted by molar-refractivity contribution is 5.94. The van der Waals surface area contributed by atoms with Crippen molar-refractivity contribution in [3.63, 3.8) is 0 Å². The molecule has 1 aliphatic rings. The summed E-state index contributed by atoms with van der Waals surface area (Å²) in [5.41, 5.74) is 4.29. The molecule has 2 aromatic carbocycles. The second-order valence-corrected chi connectivity index (χ2v) is 5.75. The number of fused-ring (bicyclic) bond motifs is 1. The number of nitro benzene ring substituents is 1. The van der Waals surface area contributed by atoms with Gasteiger partial charge in [-0.15, -0.1) is 0 Å². The number of nitrogens with one attached hydrogen (secondary N) is 1. The normalized spacial score (nSPS) is 14.9. The van der Waals surface area contributed by atoms with Gasteiger partial charge in [-0.3, -0.25) is 14.9 Å². The fourth-order valence-electron chi connectivity index (χ4n) is 2.97. The standard InChI is InChI=1S/C19H18N2O3/c22-19(16-8-10-17(11-9-16)21(23)24)20-13-12-15-6-3-5-14-4-1-2-7-18(14)15/h1-2,4,7-12H,3,5-6,13H2,(H,20,22). The van der Waals surface area contributed by atoms with Gasteiger partial charge >= 0.3 is 0 Å². The molecule has 0 heterocycles. The molecule has 2 aromatic rings. The Morgan fingerprint density at radius 3 is 2.62 bits per heavy atom. The van der Waals surface area contributed by atoms with E-state index in [0.717, 1.165) is 19.3 Å². The van der Waals surface area contributed by atoms with Crippen LogP contribution < -0.4 is 5.32 Å². The summed E-state index contributed by atoms with van der Waals surface area (Å²) in [6.07, 6.45) is 5.30. The van der Waals surface area contributed by atoms with E-state index in [1.54, 1.807) is 0 Å². The minimum absolute atomic E-state index is 0.0209. The summed E-state index contributed by atoms with van der Waals surface area (Å²) in [5.74, 6) is -0.231. The lowest BCUT2D eigenvalue weighted by atomic mass is 9.87. The molecule has 0 aliphatic heterocycles. The Bertz CT molecular complexity index is 795. The van der Waals surface area contributed by atoms with E-state index < -0.39 is 4.92 Å². The first-order chi connectivity index (χ1) is 11.6. The number of benzene rings is 2. The Morgan fingerprint density at radius 2 is 1.88 bits per heavy atom. The van der Waals surface area contributed by atoms with Gasteiger partial charge < -0.3 is 5.32 Å². The summed E-state index contributed by atoms with van der Waals surface area (Å²) in [5, 5.41) is 13.5. The average molecular weight is 322 g/mol. The van der Waals surface area contributed by atoms with Crippen LogP contribution in [-0.2, 0) is 6.42 Å². The number of carbonyl (C=O) groups excluding carboxylic acids is 1. The SMILES string of the molecule is O=C(NCC=C1CCCc2ccccc21)c1ccc([N+](=O)[O-])cc1. The zero-order valence-corrected chi connectivity index (χ0v) is 13.2. The Kier molecular flexibility index (Phi) is 4.70. The average Bonchev–Trinajstić information content (AvgIpc) is 2.62. The number of amides is 1. The first-order valence-corrected chi connectivity index (χ1v) is 7.95. The molecule has 1 amide bonds. The quantitative estimate of drug-likeness (QED) is 0.688. The summed E-state index contributed by atoms with van der Waals surface area (Å²) < 4.78 is 0. The number of non-ortho nitro benzene ring substituents is 1. The van der Waals surface area contributed by atoms with Crippen LogP contribution in [0.15, 0.2) is 54.6 Å². The lowest BCUT2D eigenvalue weighted by Crippen LogP contribution is -2.23. The highest BCUT2D eigenvalue weighted by Crippen LogP contribution is 2.30. The van der Waals surface area contributed by atoms with Crippen LogP contribution in [0, 0.1) is 10.1 Å². The van der Waals surface area contributed by atoms with Crippen LogP contribution in [-0.4, -0.2) is 17.4 Å². The molecule has 1 aliphatic carbocycles. The van der Waals surface area contributed by atoms with Crippen LogP contribution in [0.4, 0.5) is 5.69 Å². The second kappa shape index (κ2) is 7.08. The van der Waals surface area contributed by atoms with Gasteiger partial charge in [0, 0.05) is 24.2 Å². The molecular formula is C19H18N2O3. The van der Waals surface area contributed by atoms with Crippen molar-refractivity contribution in [2.45, 2.75) is 19.3 Å². The number of nitro groups is 1. The maximum absolute atomic E-state index is 12.1. The number of hydrogen-bond donors (Lipinski definition) is 1. The van der Waals surface area contributed by atoms with E-state index in [-0.39, 0.29) is 11.6 Å². The van der Waals surface area contributed by atoms with Gasteiger partial charge in [-0.1, -0.05) is 30.3 Å². The lowest BCUT2D eigenvalue weighted by Gasteiger charge is -2.19. The third-order valence-corrected chi connectivity index (χ3v) is 4.21. The number of aryl methyl sites for hydroxylation is 1. The van der Waals surface area contributed by atoms with Crippen molar-refractivity contribution in [1.82, 2.24) is 5.32 Å². The minimum Gasteiger partial charge on any atom is -0.349 e. The Labute approximate surface area is 140 Å². The summed E-state index contributed by atoms with van der Waals surface area (Å²) in [7, 11) is 0. The predicted molar refractivity (Wildman–Crippen MR) is 92.8 cm³/mol. The molecule has 5 nitrogen and oxygen atoms in total. The highest BCUT2D eigenvalue weighted by atomic mass is 16.6. The van der Waals surface area contributed by atoms with Gasteiger partial charge in [0.1, 0.15) is 0 Å². The van der Waals surface area contributed by atoms with Crippen molar-refractivity contribution in [1.29, 1.82) is 0 Å². The molecule has 0 saturated heterocycles. The van der Waals surface area contributed by atoms with Crippen molar-refractivity contribution in [2.75, 3.05) is 6.54 Å². The first kappa shape index (κ1) is 15.9. The van der Waals surface area contributed by atoms with Crippen molar-refractivity contribution in [2.24, 2.45) is 0 Å². The molecule has 0 aromatic heterocycles. The van der Waals surface area contributed by atoms with E-state index in [1.165, 1.54) is 41.0 Å². The topological polar surface area (TPSA) is 72.2 Å². The van der Waals surface area contributed by atoms with Gasteiger partial charge in [-0.2, -0.15) is 0 Å². The summed E-state index contributed by atoms with van der Waals surface area (Å²) in [6.45, 7) is 0.444. The van der Waals surface area contributed by atoms with Crippen LogP contribution in [0.1, 0.15) is 34.3 Å². The number of allylic oxidation sites excluding steroid dienone is 1. The third kappa shape index (κ3) is 3.51. The van der Waals surface area contributed by atoms with Gasteiger partial charge in [-0.25, -0.2) is 0 Å². The Morgan fingerprint density at radius 1 is 1.12 bits per heavy atom. The first-order valence-electron chi connectivity index (χ1n) is 7.95. The molecule has 0 radical (unpaired) electrons. The molecule has 24 heavy (non-hydrogen) atoms. The van der Waals surface area contributed by atoms with Gasteiger partial charge in [0.05, 0.1) is 4.92 Å². The number of hydrogen-bond acceptors (Lipinski definition) is 3. The second-order valence-electron chi connectivity index (χ2n) is 5.75. The summed E-state index contributed by atoms with van der Waals surface area (Å²) in [4.78, 5) is 22.3. The van der Waals surface area contributed by atoms with E-state index in [0.29, 0.717) is 12.1 Å². The fourth-order valence-corrected chi connectivity index (χ4v) is 2.97. The molecule has 3 rings (SSSR count). The van der Waals surface area contributed by atoms with Crippen LogP contribution >= 0.6 is 0 Å². The molecular weight excluding hydrogens is 304 g/mol. The van der Waals surface area contributed by atoms with Crippen LogP contribution in [0.25, 0.3) is 5.57 Å². The van der Waals surface area contributed by atoms with Gasteiger partial charge in [0.2, 0.25) is 0 Å². The smallest absolute Gasteiger partial charge is 0.269 e. The molecule has 0 saturated carbocycles. The zero-order valence-electron chi connectivity index (χ0n) is 13.2. The van der Waals surface area contributed by atoms with E-state index >= 15 is 0 Å². The number of rotatable bonds is 4. The van der Waals surface area contributed by atoms with E-state index in [2.05, 4.69) is 29.6 Å². The third-order valence-electron chi connectivity index (χ3n) is 4.21. The molecule has 5 heteroatoms. The van der Waals surface area contributed by atoms with Crippen molar-refractivity contribution >= 4 is 17.2 Å². The van der Waals surface area contributed by atoms with E-state index in [4.69, 9.17) is 0 Å². The van der Waals surface area contributed by atoms with Crippen LogP contribution in [0.5, 0.6) is 0 Å². The van der Waals surface area contributed by atoms with Crippen molar-refractivity contribution in [3.05, 3.63) is 81.4 Å². The Hall–Kier alpha value is -2.95. The lowest BCUT2D eigenvalue weighted by molar-refractivity contribution is -0.384. The maximum Gasteiger partial charge on any atom is 0.269 e. The molecule has 1 N–H and O–H groups in total. The van der Waals surface area contributed by atoms with Crippen molar-refractivity contribution in [3.8, 4) is 0 Å².